The van der Waals surface area contributed by atoms with Gasteiger partial charge in [-0.15, -0.1) is 0 Å². The van der Waals surface area contributed by atoms with Crippen molar-refractivity contribution < 1.29 is 9.47 Å². The fourth-order valence-electron chi connectivity index (χ4n) is 2.12. The average molecular weight is 297 g/mol. The van der Waals surface area contributed by atoms with Crippen LogP contribution in [0.15, 0.2) is 0 Å². The first kappa shape index (κ1) is 17.4. The summed E-state index contributed by atoms with van der Waals surface area (Å²) >= 11 is 0. The van der Waals surface area contributed by atoms with E-state index in [1.54, 1.807) is 7.11 Å². The first-order valence-electron chi connectivity index (χ1n) is 7.45. The largest absolute Gasteiger partial charge is 0.461 e. The number of rotatable bonds is 9. The summed E-state index contributed by atoms with van der Waals surface area (Å²) in [6.45, 7) is 9.43. The Morgan fingerprint density at radius 3 is 2.33 bits per heavy atom. The van der Waals surface area contributed by atoms with Crippen LogP contribution in [0.1, 0.15) is 40.5 Å². The minimum Gasteiger partial charge on any atom is -0.461 e. The summed E-state index contributed by atoms with van der Waals surface area (Å²) in [7, 11) is 1.68. The van der Waals surface area contributed by atoms with Crippen molar-refractivity contribution in [1.82, 2.24) is 15.0 Å². The van der Waals surface area contributed by atoms with Crippen LogP contribution in [0.2, 0.25) is 0 Å². The quantitative estimate of drug-likeness (QED) is 0.744. The van der Waals surface area contributed by atoms with Crippen molar-refractivity contribution in [1.29, 1.82) is 0 Å². The number of hydrogen-bond donors (Lipinski definition) is 1. The summed E-state index contributed by atoms with van der Waals surface area (Å²) in [6.07, 6.45) is 1.97. The lowest BCUT2D eigenvalue weighted by Crippen LogP contribution is -2.38. The molecule has 0 unspecified atom stereocenters. The second kappa shape index (κ2) is 8.61. The highest BCUT2D eigenvalue weighted by Crippen LogP contribution is 2.19. The molecular weight excluding hydrogens is 270 g/mol. The molecule has 0 aliphatic heterocycles. The molecule has 0 fully saturated rings. The molecule has 0 bridgehead atoms. The van der Waals surface area contributed by atoms with E-state index in [4.69, 9.17) is 15.2 Å². The fourth-order valence-corrected chi connectivity index (χ4v) is 2.12. The van der Waals surface area contributed by atoms with Gasteiger partial charge in [-0.05, 0) is 26.7 Å². The smallest absolute Gasteiger partial charge is 0.323 e. The third-order valence-electron chi connectivity index (χ3n) is 3.14. The van der Waals surface area contributed by atoms with Gasteiger partial charge in [0.15, 0.2) is 0 Å². The van der Waals surface area contributed by atoms with Gasteiger partial charge in [-0.3, -0.25) is 0 Å². The van der Waals surface area contributed by atoms with Gasteiger partial charge in [-0.1, -0.05) is 13.8 Å². The van der Waals surface area contributed by atoms with Crippen molar-refractivity contribution >= 4 is 11.9 Å². The van der Waals surface area contributed by atoms with Gasteiger partial charge >= 0.3 is 6.01 Å². The molecule has 1 aromatic heterocycles. The van der Waals surface area contributed by atoms with Crippen molar-refractivity contribution in [3.05, 3.63) is 0 Å². The summed E-state index contributed by atoms with van der Waals surface area (Å²) in [4.78, 5) is 14.8. The normalized spacial score (nSPS) is 11.2. The minimum atomic E-state index is -0.0137. The molecule has 0 aliphatic rings. The lowest BCUT2D eigenvalue weighted by Gasteiger charge is -2.30. The van der Waals surface area contributed by atoms with Gasteiger partial charge in [0.25, 0.3) is 0 Å². The third kappa shape index (κ3) is 5.34. The second-order valence-corrected chi connectivity index (χ2v) is 5.10. The van der Waals surface area contributed by atoms with Crippen LogP contribution in [0.3, 0.4) is 0 Å². The SMILES string of the molecule is CCC(CC)N(CCOC)c1nc(N)nc(OC(C)C)n1. The molecule has 0 aromatic carbocycles. The van der Waals surface area contributed by atoms with E-state index >= 15 is 0 Å². The Balaban J connectivity index is 3.07. The van der Waals surface area contributed by atoms with Gasteiger partial charge in [0.2, 0.25) is 11.9 Å². The summed E-state index contributed by atoms with van der Waals surface area (Å²) < 4.78 is 10.7. The van der Waals surface area contributed by atoms with Crippen molar-refractivity contribution in [3.8, 4) is 6.01 Å². The zero-order chi connectivity index (χ0) is 15.8. The molecule has 1 heterocycles. The third-order valence-corrected chi connectivity index (χ3v) is 3.14. The number of ether oxygens (including phenoxy) is 2. The first-order valence-corrected chi connectivity index (χ1v) is 7.45. The number of aromatic nitrogens is 3. The molecule has 0 atom stereocenters. The lowest BCUT2D eigenvalue weighted by atomic mass is 10.1. The topological polar surface area (TPSA) is 86.4 Å². The maximum atomic E-state index is 5.78. The highest BCUT2D eigenvalue weighted by molar-refractivity contribution is 5.37. The van der Waals surface area contributed by atoms with Crippen LogP contribution in [0.5, 0.6) is 6.01 Å². The maximum Gasteiger partial charge on any atom is 0.323 e. The summed E-state index contributed by atoms with van der Waals surface area (Å²) in [5.74, 6) is 0.716. The van der Waals surface area contributed by atoms with E-state index in [0.29, 0.717) is 25.1 Å². The molecule has 0 spiro atoms. The van der Waals surface area contributed by atoms with E-state index in [9.17, 15) is 0 Å². The molecule has 7 heteroatoms. The Hall–Kier alpha value is -1.63. The van der Waals surface area contributed by atoms with Gasteiger partial charge in [0.1, 0.15) is 0 Å². The Morgan fingerprint density at radius 2 is 1.81 bits per heavy atom. The van der Waals surface area contributed by atoms with Crippen LogP contribution in [0.25, 0.3) is 0 Å². The van der Waals surface area contributed by atoms with Crippen LogP contribution in [0.4, 0.5) is 11.9 Å². The van der Waals surface area contributed by atoms with Crippen molar-refractivity contribution in [2.45, 2.75) is 52.7 Å². The second-order valence-electron chi connectivity index (χ2n) is 5.10. The molecule has 1 rings (SSSR count). The summed E-state index contributed by atoms with van der Waals surface area (Å²) in [5.41, 5.74) is 5.78. The molecule has 0 aliphatic carbocycles. The number of nitrogens with two attached hydrogens (primary N) is 1. The van der Waals surface area contributed by atoms with E-state index < -0.39 is 0 Å². The molecule has 0 saturated carbocycles. The monoisotopic (exact) mass is 297 g/mol. The molecular formula is C14H27N5O2. The molecule has 21 heavy (non-hydrogen) atoms. The minimum absolute atomic E-state index is 0.0137. The number of hydrogen-bond acceptors (Lipinski definition) is 7. The van der Waals surface area contributed by atoms with Crippen LogP contribution >= 0.6 is 0 Å². The van der Waals surface area contributed by atoms with E-state index in [0.717, 1.165) is 12.8 Å². The summed E-state index contributed by atoms with van der Waals surface area (Å²) in [5, 5.41) is 0. The highest BCUT2D eigenvalue weighted by Gasteiger charge is 2.20. The van der Waals surface area contributed by atoms with E-state index in [1.165, 1.54) is 0 Å². The Bertz CT molecular complexity index is 424. The molecule has 0 amide bonds. The molecule has 0 saturated heterocycles. The predicted molar refractivity (Wildman–Crippen MR) is 83.6 cm³/mol. The molecule has 0 radical (unpaired) electrons. The van der Waals surface area contributed by atoms with Gasteiger partial charge in [0, 0.05) is 19.7 Å². The van der Waals surface area contributed by atoms with E-state index in [1.807, 2.05) is 13.8 Å². The number of methoxy groups -OCH3 is 1. The van der Waals surface area contributed by atoms with Crippen LogP contribution < -0.4 is 15.4 Å². The molecule has 7 nitrogen and oxygen atoms in total. The number of nitrogens with zero attached hydrogens (tertiary/aromatic N) is 4. The van der Waals surface area contributed by atoms with Crippen LogP contribution in [0, 0.1) is 0 Å². The zero-order valence-electron chi connectivity index (χ0n) is 13.7. The molecule has 2 N–H and O–H groups in total. The van der Waals surface area contributed by atoms with E-state index in [2.05, 4.69) is 33.7 Å². The Kier molecular flexibility index (Phi) is 7.14. The van der Waals surface area contributed by atoms with Gasteiger partial charge in [0.05, 0.1) is 12.7 Å². The number of nitrogen functional groups attached to an aromatic ring is 1. The maximum absolute atomic E-state index is 5.78. The molecule has 1 aromatic rings. The molecule has 120 valence electrons. The van der Waals surface area contributed by atoms with Crippen LogP contribution in [-0.4, -0.2) is 47.4 Å². The fraction of sp³-hybridized carbons (Fsp3) is 0.786. The summed E-state index contributed by atoms with van der Waals surface area (Å²) in [6, 6.07) is 0.592. The zero-order valence-corrected chi connectivity index (χ0v) is 13.7. The average Bonchev–Trinajstić information content (AvgIpc) is 2.42. The van der Waals surface area contributed by atoms with Crippen LogP contribution in [-0.2, 0) is 4.74 Å². The van der Waals surface area contributed by atoms with E-state index in [-0.39, 0.29) is 18.1 Å². The van der Waals surface area contributed by atoms with Crippen molar-refractivity contribution in [2.75, 3.05) is 30.9 Å². The van der Waals surface area contributed by atoms with Gasteiger partial charge in [-0.25, -0.2) is 0 Å². The van der Waals surface area contributed by atoms with Crippen molar-refractivity contribution in [2.24, 2.45) is 0 Å². The van der Waals surface area contributed by atoms with Gasteiger partial charge < -0.3 is 20.1 Å². The highest BCUT2D eigenvalue weighted by atomic mass is 16.5. The number of anilines is 2. The predicted octanol–water partition coefficient (Wildman–Crippen LogP) is 1.88. The first-order chi connectivity index (χ1) is 10.0. The Morgan fingerprint density at radius 1 is 1.14 bits per heavy atom. The Labute approximate surface area is 126 Å². The standard InChI is InChI=1S/C14H27N5O2/c1-6-11(7-2)19(8-9-20-5)13-16-12(15)17-14(18-13)21-10(3)4/h10-11H,6-9H2,1-5H3,(H2,15,16,17,18). The van der Waals surface area contributed by atoms with Gasteiger partial charge in [-0.2, -0.15) is 15.0 Å². The van der Waals surface area contributed by atoms with Crippen molar-refractivity contribution in [3.63, 3.8) is 0 Å². The lowest BCUT2D eigenvalue weighted by molar-refractivity contribution is 0.201.